The van der Waals surface area contributed by atoms with E-state index in [1.54, 1.807) is 0 Å². The standard InChI is InChI=1S/C15H14ClN3/c1-9-4-3-5-13(10(9)2)19-14-8-11(16)6-7-12(14)18-15(19)17/h3-8H,1-2H3,(H2,17,18). The van der Waals surface area contributed by atoms with E-state index in [9.17, 15) is 0 Å². The smallest absolute Gasteiger partial charge is 0.205 e. The van der Waals surface area contributed by atoms with Gasteiger partial charge in [-0.25, -0.2) is 4.98 Å². The summed E-state index contributed by atoms with van der Waals surface area (Å²) < 4.78 is 1.95. The molecule has 0 radical (unpaired) electrons. The summed E-state index contributed by atoms with van der Waals surface area (Å²) in [6.07, 6.45) is 0. The van der Waals surface area contributed by atoms with E-state index in [-0.39, 0.29) is 0 Å². The highest BCUT2D eigenvalue weighted by Crippen LogP contribution is 2.28. The Labute approximate surface area is 116 Å². The molecule has 3 aromatic rings. The summed E-state index contributed by atoms with van der Waals surface area (Å²) in [4.78, 5) is 4.38. The van der Waals surface area contributed by atoms with Crippen LogP contribution >= 0.6 is 11.6 Å². The number of imidazole rings is 1. The Kier molecular flexibility index (Phi) is 2.72. The molecule has 96 valence electrons. The summed E-state index contributed by atoms with van der Waals surface area (Å²) in [5.41, 5.74) is 11.3. The molecule has 3 nitrogen and oxygen atoms in total. The predicted octanol–water partition coefficient (Wildman–Crippen LogP) is 3.88. The maximum absolute atomic E-state index is 6.08. The number of nitrogens with two attached hydrogens (primary N) is 1. The van der Waals surface area contributed by atoms with Crippen LogP contribution in [0.25, 0.3) is 16.7 Å². The summed E-state index contributed by atoms with van der Waals surface area (Å²) in [7, 11) is 0. The second-order valence-electron chi connectivity index (χ2n) is 4.66. The minimum Gasteiger partial charge on any atom is -0.369 e. The monoisotopic (exact) mass is 271 g/mol. The minimum atomic E-state index is 0.478. The van der Waals surface area contributed by atoms with Gasteiger partial charge in [-0.15, -0.1) is 0 Å². The number of hydrogen-bond donors (Lipinski definition) is 1. The number of nitrogen functional groups attached to an aromatic ring is 1. The Morgan fingerprint density at radius 1 is 1.16 bits per heavy atom. The first-order valence-electron chi connectivity index (χ1n) is 6.08. The molecule has 0 aliphatic carbocycles. The van der Waals surface area contributed by atoms with Gasteiger partial charge in [0.2, 0.25) is 5.95 Å². The third-order valence-electron chi connectivity index (χ3n) is 3.46. The van der Waals surface area contributed by atoms with E-state index in [4.69, 9.17) is 17.3 Å². The molecule has 0 spiro atoms. The number of rotatable bonds is 1. The van der Waals surface area contributed by atoms with E-state index in [2.05, 4.69) is 24.9 Å². The van der Waals surface area contributed by atoms with Crippen LogP contribution in [0.4, 0.5) is 5.95 Å². The van der Waals surface area contributed by atoms with Crippen LogP contribution in [0, 0.1) is 13.8 Å². The average Bonchev–Trinajstić information content (AvgIpc) is 2.69. The maximum atomic E-state index is 6.08. The van der Waals surface area contributed by atoms with Crippen molar-refractivity contribution in [3.8, 4) is 5.69 Å². The van der Waals surface area contributed by atoms with Gasteiger partial charge in [0.05, 0.1) is 16.7 Å². The summed E-state index contributed by atoms with van der Waals surface area (Å²) in [5.74, 6) is 0.478. The van der Waals surface area contributed by atoms with Crippen LogP contribution in [0.15, 0.2) is 36.4 Å². The van der Waals surface area contributed by atoms with Crippen molar-refractivity contribution in [2.24, 2.45) is 0 Å². The number of benzene rings is 2. The minimum absolute atomic E-state index is 0.478. The largest absolute Gasteiger partial charge is 0.369 e. The van der Waals surface area contributed by atoms with E-state index < -0.39 is 0 Å². The highest BCUT2D eigenvalue weighted by Gasteiger charge is 2.12. The normalized spacial score (nSPS) is 11.1. The van der Waals surface area contributed by atoms with Crippen molar-refractivity contribution in [1.82, 2.24) is 9.55 Å². The van der Waals surface area contributed by atoms with Gasteiger partial charge in [0, 0.05) is 5.02 Å². The van der Waals surface area contributed by atoms with E-state index in [1.807, 2.05) is 34.9 Å². The van der Waals surface area contributed by atoms with Crippen molar-refractivity contribution >= 4 is 28.6 Å². The molecule has 0 aliphatic rings. The van der Waals surface area contributed by atoms with Crippen molar-refractivity contribution in [2.45, 2.75) is 13.8 Å². The Hall–Kier alpha value is -2.00. The van der Waals surface area contributed by atoms with E-state index >= 15 is 0 Å². The van der Waals surface area contributed by atoms with E-state index in [0.29, 0.717) is 11.0 Å². The molecule has 2 N–H and O–H groups in total. The second kappa shape index (κ2) is 4.28. The number of aromatic nitrogens is 2. The lowest BCUT2D eigenvalue weighted by Gasteiger charge is -2.12. The van der Waals surface area contributed by atoms with Crippen molar-refractivity contribution < 1.29 is 0 Å². The highest BCUT2D eigenvalue weighted by molar-refractivity contribution is 6.31. The third-order valence-corrected chi connectivity index (χ3v) is 3.69. The quantitative estimate of drug-likeness (QED) is 0.730. The van der Waals surface area contributed by atoms with Crippen LogP contribution in [0.3, 0.4) is 0 Å². The van der Waals surface area contributed by atoms with Crippen molar-refractivity contribution in [2.75, 3.05) is 5.73 Å². The number of anilines is 1. The van der Waals surface area contributed by atoms with Gasteiger partial charge in [0.25, 0.3) is 0 Å². The molecule has 0 amide bonds. The fourth-order valence-electron chi connectivity index (χ4n) is 2.30. The molecule has 0 aliphatic heterocycles. The SMILES string of the molecule is Cc1cccc(-n2c(N)nc3ccc(Cl)cc32)c1C. The van der Waals surface area contributed by atoms with Crippen molar-refractivity contribution in [3.63, 3.8) is 0 Å². The Morgan fingerprint density at radius 3 is 2.74 bits per heavy atom. The number of hydrogen-bond acceptors (Lipinski definition) is 2. The maximum Gasteiger partial charge on any atom is 0.205 e. The zero-order valence-electron chi connectivity index (χ0n) is 10.8. The van der Waals surface area contributed by atoms with Gasteiger partial charge in [0.15, 0.2) is 0 Å². The lowest BCUT2D eigenvalue weighted by atomic mass is 10.1. The number of aryl methyl sites for hydroxylation is 1. The van der Waals surface area contributed by atoms with Crippen LogP contribution in [0.5, 0.6) is 0 Å². The second-order valence-corrected chi connectivity index (χ2v) is 5.09. The fraction of sp³-hybridized carbons (Fsp3) is 0.133. The van der Waals surface area contributed by atoms with Crippen LogP contribution in [0.1, 0.15) is 11.1 Å². The molecule has 0 saturated heterocycles. The molecule has 0 bridgehead atoms. The molecule has 4 heteroatoms. The van der Waals surface area contributed by atoms with Gasteiger partial charge in [-0.05, 0) is 49.2 Å². The van der Waals surface area contributed by atoms with Crippen LogP contribution in [-0.2, 0) is 0 Å². The molecule has 0 atom stereocenters. The summed E-state index contributed by atoms with van der Waals surface area (Å²) in [5, 5.41) is 0.680. The fourth-order valence-corrected chi connectivity index (χ4v) is 2.46. The Balaban J connectivity index is 2.39. The third kappa shape index (κ3) is 1.87. The molecule has 1 heterocycles. The van der Waals surface area contributed by atoms with Crippen LogP contribution < -0.4 is 5.73 Å². The molecule has 0 unspecified atom stereocenters. The lowest BCUT2D eigenvalue weighted by molar-refractivity contribution is 1.08. The molecule has 3 rings (SSSR count). The first-order chi connectivity index (χ1) is 9.08. The molecule has 2 aromatic carbocycles. The molecular formula is C15H14ClN3. The zero-order valence-corrected chi connectivity index (χ0v) is 11.6. The van der Waals surface area contributed by atoms with Gasteiger partial charge in [-0.2, -0.15) is 0 Å². The van der Waals surface area contributed by atoms with Crippen LogP contribution in [-0.4, -0.2) is 9.55 Å². The van der Waals surface area contributed by atoms with Gasteiger partial charge >= 0.3 is 0 Å². The molecule has 1 aromatic heterocycles. The number of halogens is 1. The first-order valence-corrected chi connectivity index (χ1v) is 6.46. The number of fused-ring (bicyclic) bond motifs is 1. The summed E-state index contributed by atoms with van der Waals surface area (Å²) in [6, 6.07) is 11.7. The number of nitrogens with zero attached hydrogens (tertiary/aromatic N) is 2. The molecule has 0 saturated carbocycles. The van der Waals surface area contributed by atoms with Gasteiger partial charge in [-0.3, -0.25) is 4.57 Å². The summed E-state index contributed by atoms with van der Waals surface area (Å²) >= 11 is 6.08. The van der Waals surface area contributed by atoms with Gasteiger partial charge in [-0.1, -0.05) is 23.7 Å². The van der Waals surface area contributed by atoms with Gasteiger partial charge < -0.3 is 5.73 Å². The zero-order chi connectivity index (χ0) is 13.6. The predicted molar refractivity (Wildman–Crippen MR) is 80.0 cm³/mol. The summed E-state index contributed by atoms with van der Waals surface area (Å²) in [6.45, 7) is 4.17. The topological polar surface area (TPSA) is 43.8 Å². The van der Waals surface area contributed by atoms with Crippen LogP contribution in [0.2, 0.25) is 5.02 Å². The Morgan fingerprint density at radius 2 is 1.95 bits per heavy atom. The first kappa shape index (κ1) is 12.1. The average molecular weight is 272 g/mol. The highest BCUT2D eigenvalue weighted by atomic mass is 35.5. The van der Waals surface area contributed by atoms with Crippen molar-refractivity contribution in [3.05, 3.63) is 52.5 Å². The van der Waals surface area contributed by atoms with E-state index in [0.717, 1.165) is 16.7 Å². The van der Waals surface area contributed by atoms with E-state index in [1.165, 1.54) is 11.1 Å². The van der Waals surface area contributed by atoms with Crippen molar-refractivity contribution in [1.29, 1.82) is 0 Å². The molecule has 0 fully saturated rings. The lowest BCUT2D eigenvalue weighted by Crippen LogP contribution is -2.03. The molecule has 19 heavy (non-hydrogen) atoms. The Bertz CT molecular complexity index is 774. The molecular weight excluding hydrogens is 258 g/mol. The van der Waals surface area contributed by atoms with Gasteiger partial charge in [0.1, 0.15) is 0 Å².